The number of methoxy groups -OCH3 is 1. The summed E-state index contributed by atoms with van der Waals surface area (Å²) >= 11 is 0. The van der Waals surface area contributed by atoms with E-state index < -0.39 is 0 Å². The van der Waals surface area contributed by atoms with E-state index in [-0.39, 0.29) is 24.0 Å². The molecule has 2 aromatic rings. The van der Waals surface area contributed by atoms with E-state index >= 15 is 0 Å². The van der Waals surface area contributed by atoms with Crippen molar-refractivity contribution in [1.29, 1.82) is 0 Å². The first kappa shape index (κ1) is 21.2. The van der Waals surface area contributed by atoms with Crippen LogP contribution in [0.2, 0.25) is 0 Å². The molecule has 1 aromatic carbocycles. The lowest BCUT2D eigenvalue weighted by Crippen LogP contribution is -2.38. The van der Waals surface area contributed by atoms with E-state index in [2.05, 4.69) is 38.8 Å². The number of ether oxygens (including phenoxy) is 1. The average Bonchev–Trinajstić information content (AvgIpc) is 2.98. The molecule has 2 rings (SSSR count). The Labute approximate surface area is 165 Å². The number of nitrogens with zero attached hydrogens (tertiary/aromatic N) is 3. The zero-order valence-corrected chi connectivity index (χ0v) is 17.5. The highest BCUT2D eigenvalue weighted by molar-refractivity contribution is 14.0. The predicted molar refractivity (Wildman–Crippen MR) is 109 cm³/mol. The fraction of sp³-hybridized carbons (Fsp3) is 0.471. The van der Waals surface area contributed by atoms with Crippen LogP contribution in [-0.2, 0) is 13.0 Å². The highest BCUT2D eigenvalue weighted by atomic mass is 127. The number of nitrogens with one attached hydrogen (secondary N) is 2. The quantitative estimate of drug-likeness (QED) is 0.376. The summed E-state index contributed by atoms with van der Waals surface area (Å²) < 4.78 is 10.4. The number of hydrogen-bond acceptors (Lipinski definition) is 5. The van der Waals surface area contributed by atoms with Gasteiger partial charge in [0.05, 0.1) is 7.11 Å². The van der Waals surface area contributed by atoms with Gasteiger partial charge in [0, 0.05) is 20.0 Å². The summed E-state index contributed by atoms with van der Waals surface area (Å²) in [6, 6.07) is 6.20. The molecule has 0 saturated carbocycles. The second kappa shape index (κ2) is 10.9. The van der Waals surface area contributed by atoms with Crippen LogP contribution in [0, 0.1) is 13.8 Å². The Kier molecular flexibility index (Phi) is 9.25. The Balaban J connectivity index is 0.00000312. The molecule has 0 fully saturated rings. The van der Waals surface area contributed by atoms with Crippen LogP contribution in [0.3, 0.4) is 0 Å². The monoisotopic (exact) mass is 459 g/mol. The van der Waals surface area contributed by atoms with Gasteiger partial charge >= 0.3 is 0 Å². The molecular weight excluding hydrogens is 433 g/mol. The van der Waals surface area contributed by atoms with E-state index in [0.717, 1.165) is 31.2 Å². The lowest BCUT2D eigenvalue weighted by Gasteiger charge is -2.13. The molecule has 8 heteroatoms. The largest absolute Gasteiger partial charge is 0.496 e. The predicted octanol–water partition coefficient (Wildman–Crippen LogP) is 2.61. The summed E-state index contributed by atoms with van der Waals surface area (Å²) in [4.78, 5) is 8.61. The molecule has 0 saturated heterocycles. The summed E-state index contributed by atoms with van der Waals surface area (Å²) in [7, 11) is 1.69. The number of aryl methyl sites for hydroxylation is 2. The fourth-order valence-electron chi connectivity index (χ4n) is 2.32. The molecule has 0 bridgehead atoms. The van der Waals surface area contributed by atoms with E-state index in [4.69, 9.17) is 9.26 Å². The standard InChI is InChI=1S/C17H25N5O2.HI/c1-5-18-17(20-11-16-21-13(3)24-22-16)19-9-8-14-10-12(2)6-7-15(14)23-4;/h6-7,10H,5,8-9,11H2,1-4H3,(H2,18,19,20);1H. The maximum absolute atomic E-state index is 5.41. The molecule has 138 valence electrons. The Morgan fingerprint density at radius 3 is 2.72 bits per heavy atom. The first-order valence-electron chi connectivity index (χ1n) is 8.07. The maximum atomic E-state index is 5.41. The third-order valence-electron chi connectivity index (χ3n) is 3.42. The summed E-state index contributed by atoms with van der Waals surface area (Å²) in [5.74, 6) is 2.76. The summed E-state index contributed by atoms with van der Waals surface area (Å²) in [6.45, 7) is 7.77. The van der Waals surface area contributed by atoms with Crippen LogP contribution in [0.5, 0.6) is 5.75 Å². The van der Waals surface area contributed by atoms with Crippen molar-refractivity contribution >= 4 is 29.9 Å². The molecule has 0 atom stereocenters. The molecule has 0 aliphatic heterocycles. The first-order valence-corrected chi connectivity index (χ1v) is 8.07. The third-order valence-corrected chi connectivity index (χ3v) is 3.42. The van der Waals surface area contributed by atoms with E-state index in [1.54, 1.807) is 14.0 Å². The lowest BCUT2D eigenvalue weighted by molar-refractivity contribution is 0.387. The lowest BCUT2D eigenvalue weighted by atomic mass is 10.1. The SMILES string of the molecule is CCNC(=NCc1noc(C)n1)NCCc1cc(C)ccc1OC.I. The van der Waals surface area contributed by atoms with Crippen LogP contribution in [0.1, 0.15) is 29.8 Å². The highest BCUT2D eigenvalue weighted by Gasteiger charge is 2.05. The molecule has 25 heavy (non-hydrogen) atoms. The van der Waals surface area contributed by atoms with Gasteiger partial charge in [-0.2, -0.15) is 4.98 Å². The van der Waals surface area contributed by atoms with Gasteiger partial charge in [0.2, 0.25) is 5.89 Å². The molecule has 1 heterocycles. The number of hydrogen-bond donors (Lipinski definition) is 2. The Bertz CT molecular complexity index is 687. The Morgan fingerprint density at radius 2 is 2.08 bits per heavy atom. The van der Waals surface area contributed by atoms with Crippen LogP contribution in [0.15, 0.2) is 27.7 Å². The van der Waals surface area contributed by atoms with Crippen molar-refractivity contribution in [3.8, 4) is 5.75 Å². The normalized spacial score (nSPS) is 11.0. The Hall–Kier alpha value is -1.84. The zero-order valence-electron chi connectivity index (χ0n) is 15.1. The fourth-order valence-corrected chi connectivity index (χ4v) is 2.32. The van der Waals surface area contributed by atoms with E-state index in [0.29, 0.717) is 18.3 Å². The topological polar surface area (TPSA) is 84.6 Å². The minimum atomic E-state index is 0. The van der Waals surface area contributed by atoms with Crippen molar-refractivity contribution < 1.29 is 9.26 Å². The van der Waals surface area contributed by atoms with Crippen LogP contribution in [0.4, 0.5) is 0 Å². The maximum Gasteiger partial charge on any atom is 0.223 e. The van der Waals surface area contributed by atoms with Crippen LogP contribution in [0.25, 0.3) is 0 Å². The van der Waals surface area contributed by atoms with Gasteiger partial charge in [-0.15, -0.1) is 24.0 Å². The third kappa shape index (κ3) is 6.89. The van der Waals surface area contributed by atoms with Gasteiger partial charge in [-0.05, 0) is 31.9 Å². The van der Waals surface area contributed by atoms with Gasteiger partial charge in [0.25, 0.3) is 0 Å². The molecule has 0 radical (unpaired) electrons. The van der Waals surface area contributed by atoms with Crippen LogP contribution < -0.4 is 15.4 Å². The highest BCUT2D eigenvalue weighted by Crippen LogP contribution is 2.19. The van der Waals surface area contributed by atoms with E-state index in [1.807, 2.05) is 19.1 Å². The van der Waals surface area contributed by atoms with Gasteiger partial charge in [-0.25, -0.2) is 4.99 Å². The van der Waals surface area contributed by atoms with Crippen molar-refractivity contribution in [2.45, 2.75) is 33.7 Å². The number of halogens is 1. The second-order valence-electron chi connectivity index (χ2n) is 5.42. The van der Waals surface area contributed by atoms with Gasteiger partial charge in [-0.1, -0.05) is 22.9 Å². The van der Waals surface area contributed by atoms with Crippen molar-refractivity contribution in [1.82, 2.24) is 20.8 Å². The second-order valence-corrected chi connectivity index (χ2v) is 5.42. The molecule has 0 unspecified atom stereocenters. The summed E-state index contributed by atoms with van der Waals surface area (Å²) in [5, 5.41) is 10.4. The molecule has 0 aliphatic rings. The number of rotatable bonds is 7. The van der Waals surface area contributed by atoms with Crippen molar-refractivity contribution in [3.63, 3.8) is 0 Å². The minimum Gasteiger partial charge on any atom is -0.496 e. The van der Waals surface area contributed by atoms with Crippen molar-refractivity contribution in [2.24, 2.45) is 4.99 Å². The molecular formula is C17H26IN5O2. The van der Waals surface area contributed by atoms with Crippen molar-refractivity contribution in [2.75, 3.05) is 20.2 Å². The summed E-state index contributed by atoms with van der Waals surface area (Å²) in [6.07, 6.45) is 0.844. The molecule has 1 aromatic heterocycles. The van der Waals surface area contributed by atoms with E-state index in [9.17, 15) is 0 Å². The first-order chi connectivity index (χ1) is 11.6. The van der Waals surface area contributed by atoms with Gasteiger partial charge < -0.3 is 19.9 Å². The number of benzene rings is 1. The van der Waals surface area contributed by atoms with Gasteiger partial charge in [0.1, 0.15) is 12.3 Å². The van der Waals surface area contributed by atoms with Crippen LogP contribution in [-0.4, -0.2) is 36.3 Å². The number of guanidine groups is 1. The molecule has 0 amide bonds. The Morgan fingerprint density at radius 1 is 1.28 bits per heavy atom. The van der Waals surface area contributed by atoms with E-state index in [1.165, 1.54) is 11.1 Å². The number of aliphatic imine (C=N–C) groups is 1. The van der Waals surface area contributed by atoms with Gasteiger partial charge in [0.15, 0.2) is 11.8 Å². The van der Waals surface area contributed by atoms with Crippen molar-refractivity contribution in [3.05, 3.63) is 41.0 Å². The molecule has 0 aliphatic carbocycles. The molecule has 2 N–H and O–H groups in total. The number of aromatic nitrogens is 2. The smallest absolute Gasteiger partial charge is 0.223 e. The average molecular weight is 459 g/mol. The molecule has 0 spiro atoms. The zero-order chi connectivity index (χ0) is 17.4. The van der Waals surface area contributed by atoms with Gasteiger partial charge in [-0.3, -0.25) is 0 Å². The van der Waals surface area contributed by atoms with Crippen LogP contribution >= 0.6 is 24.0 Å². The minimum absolute atomic E-state index is 0. The summed E-state index contributed by atoms with van der Waals surface area (Å²) in [5.41, 5.74) is 2.40. The molecule has 7 nitrogen and oxygen atoms in total.